The van der Waals surface area contributed by atoms with Crippen LogP contribution in [-0.4, -0.2) is 37.2 Å². The Balaban J connectivity index is 4.46. The summed E-state index contributed by atoms with van der Waals surface area (Å²) in [7, 11) is 0. The van der Waals surface area contributed by atoms with E-state index in [1.54, 1.807) is 0 Å². The van der Waals surface area contributed by atoms with E-state index >= 15 is 0 Å². The van der Waals surface area contributed by atoms with Crippen LogP contribution < -0.4 is 0 Å². The van der Waals surface area contributed by atoms with Crippen molar-refractivity contribution in [2.24, 2.45) is 0 Å². The van der Waals surface area contributed by atoms with Gasteiger partial charge in [-0.3, -0.25) is 14.4 Å². The number of hydrogen-bond acceptors (Lipinski definition) is 6. The van der Waals surface area contributed by atoms with Gasteiger partial charge in [-0.2, -0.15) is 0 Å². The molecule has 0 heterocycles. The van der Waals surface area contributed by atoms with E-state index in [0.717, 1.165) is 77.0 Å². The van der Waals surface area contributed by atoms with Gasteiger partial charge >= 0.3 is 17.9 Å². The highest BCUT2D eigenvalue weighted by atomic mass is 16.6. The number of ether oxygens (including phenoxy) is 3. The van der Waals surface area contributed by atoms with Gasteiger partial charge in [0.15, 0.2) is 6.10 Å². The molecule has 0 N–H and O–H groups in total. The van der Waals surface area contributed by atoms with Crippen LogP contribution in [-0.2, 0) is 28.6 Å². The minimum Gasteiger partial charge on any atom is -0.462 e. The van der Waals surface area contributed by atoms with Crippen LogP contribution >= 0.6 is 0 Å². The van der Waals surface area contributed by atoms with Gasteiger partial charge in [0.1, 0.15) is 13.2 Å². The molecule has 0 aromatic rings. The van der Waals surface area contributed by atoms with Crippen LogP contribution in [0.4, 0.5) is 0 Å². The second kappa shape index (κ2) is 56.2. The summed E-state index contributed by atoms with van der Waals surface area (Å²) in [6, 6.07) is 0. The van der Waals surface area contributed by atoms with Crippen molar-refractivity contribution in [1.29, 1.82) is 0 Å². The van der Waals surface area contributed by atoms with Crippen LogP contribution in [0.25, 0.3) is 0 Å². The molecule has 0 fully saturated rings. The van der Waals surface area contributed by atoms with Gasteiger partial charge in [0, 0.05) is 19.3 Å². The van der Waals surface area contributed by atoms with E-state index in [9.17, 15) is 14.4 Å². The number of hydrogen-bond donors (Lipinski definition) is 0. The van der Waals surface area contributed by atoms with E-state index in [-0.39, 0.29) is 37.5 Å². The first kappa shape index (κ1) is 64.6. The maximum absolute atomic E-state index is 12.8. The highest BCUT2D eigenvalue weighted by molar-refractivity contribution is 5.71. The topological polar surface area (TPSA) is 78.9 Å². The molecule has 0 amide bonds. The molecular formula is C62H106O6. The summed E-state index contributed by atoms with van der Waals surface area (Å²) in [6.07, 6.45) is 72.9. The lowest BCUT2D eigenvalue weighted by atomic mass is 10.0. The van der Waals surface area contributed by atoms with Crippen molar-refractivity contribution in [2.75, 3.05) is 13.2 Å². The first-order valence-electron chi connectivity index (χ1n) is 28.6. The summed E-state index contributed by atoms with van der Waals surface area (Å²) in [5.74, 6) is -0.963. The highest BCUT2D eigenvalue weighted by Crippen LogP contribution is 2.16. The van der Waals surface area contributed by atoms with Gasteiger partial charge in [0.05, 0.1) is 0 Å². The first-order chi connectivity index (χ1) is 33.5. The molecule has 0 aliphatic heterocycles. The molecule has 6 heteroatoms. The van der Waals surface area contributed by atoms with Gasteiger partial charge < -0.3 is 14.2 Å². The molecule has 0 aliphatic rings. The predicted molar refractivity (Wildman–Crippen MR) is 293 cm³/mol. The van der Waals surface area contributed by atoms with Crippen molar-refractivity contribution in [1.82, 2.24) is 0 Å². The molecule has 0 rings (SSSR count). The number of rotatable bonds is 51. The number of carbonyl (C=O) groups is 3. The number of allylic oxidation sites excluding steroid dienone is 14. The smallest absolute Gasteiger partial charge is 0.306 e. The van der Waals surface area contributed by atoms with Crippen LogP contribution in [0.15, 0.2) is 85.1 Å². The fraction of sp³-hybridized carbons (Fsp3) is 0.726. The summed E-state index contributed by atoms with van der Waals surface area (Å²) in [6.45, 7) is 6.45. The molecule has 1 unspecified atom stereocenters. The molecule has 0 aromatic carbocycles. The Labute approximate surface area is 420 Å². The van der Waals surface area contributed by atoms with E-state index in [1.165, 1.54) is 148 Å². The summed E-state index contributed by atoms with van der Waals surface area (Å²) < 4.78 is 16.8. The lowest BCUT2D eigenvalue weighted by molar-refractivity contribution is -0.167. The van der Waals surface area contributed by atoms with Crippen molar-refractivity contribution in [3.63, 3.8) is 0 Å². The Morgan fingerprint density at radius 2 is 0.647 bits per heavy atom. The van der Waals surface area contributed by atoms with Crippen molar-refractivity contribution in [3.8, 4) is 0 Å². The van der Waals surface area contributed by atoms with Gasteiger partial charge in [-0.1, -0.05) is 260 Å². The maximum atomic E-state index is 12.8. The van der Waals surface area contributed by atoms with E-state index in [4.69, 9.17) is 14.2 Å². The number of esters is 3. The lowest BCUT2D eigenvalue weighted by Gasteiger charge is -2.18. The quantitative estimate of drug-likeness (QED) is 0.0199. The average Bonchev–Trinajstić information content (AvgIpc) is 3.34. The van der Waals surface area contributed by atoms with E-state index in [2.05, 4.69) is 106 Å². The van der Waals surface area contributed by atoms with Crippen LogP contribution in [0, 0.1) is 0 Å². The molecular weight excluding hydrogens is 841 g/mol. The Hall–Kier alpha value is -3.41. The van der Waals surface area contributed by atoms with Gasteiger partial charge in [-0.25, -0.2) is 0 Å². The van der Waals surface area contributed by atoms with Gasteiger partial charge in [-0.15, -0.1) is 0 Å². The lowest BCUT2D eigenvalue weighted by Crippen LogP contribution is -2.30. The van der Waals surface area contributed by atoms with Crippen LogP contribution in [0.2, 0.25) is 0 Å². The SMILES string of the molecule is CC\C=C/C=C\C=C/CCCCCCCCCC(=O)OCC(COC(=O)CCCCCCCCCCCCCCCCCCCC)OC(=O)CCC/C=C\C/C=C\C/C=C\C/C=C\CCCCC. The molecule has 0 aromatic heterocycles. The largest absolute Gasteiger partial charge is 0.462 e. The van der Waals surface area contributed by atoms with Crippen molar-refractivity contribution in [2.45, 2.75) is 277 Å². The van der Waals surface area contributed by atoms with Gasteiger partial charge in [0.25, 0.3) is 0 Å². The first-order valence-corrected chi connectivity index (χ1v) is 28.6. The Morgan fingerprint density at radius 3 is 1.09 bits per heavy atom. The summed E-state index contributed by atoms with van der Waals surface area (Å²) >= 11 is 0. The third kappa shape index (κ3) is 53.5. The fourth-order valence-electron chi connectivity index (χ4n) is 7.91. The molecule has 68 heavy (non-hydrogen) atoms. The zero-order chi connectivity index (χ0) is 49.3. The molecule has 0 spiro atoms. The second-order valence-electron chi connectivity index (χ2n) is 18.9. The number of carbonyl (C=O) groups excluding carboxylic acids is 3. The van der Waals surface area contributed by atoms with Crippen molar-refractivity contribution >= 4 is 17.9 Å². The summed E-state index contributed by atoms with van der Waals surface area (Å²) in [4.78, 5) is 38.1. The minimum atomic E-state index is -0.809. The summed E-state index contributed by atoms with van der Waals surface area (Å²) in [5, 5.41) is 0. The van der Waals surface area contributed by atoms with Crippen LogP contribution in [0.3, 0.4) is 0 Å². The third-order valence-electron chi connectivity index (χ3n) is 12.2. The molecule has 390 valence electrons. The standard InChI is InChI=1S/C62H106O6/c1-4-7-10-13-16-19-22-25-28-30-32-34-37-40-43-46-49-52-55-61(64)67-58-59(57-66-60(63)54-51-48-45-42-39-36-33-27-24-21-18-15-12-9-6-3)68-62(65)56-53-50-47-44-41-38-35-31-29-26-23-20-17-14-11-8-5-2/h9,12,15,17-18,20-21,24,26,29,35,38,44,47,59H,4-8,10-11,13-14,16,19,22-23,25,27-28,30-34,36-37,39-43,45-46,48-58H2,1-3H3/b12-9-,18-15-,20-17-,24-21-,29-26-,38-35-,47-44-. The average molecular weight is 948 g/mol. The second-order valence-corrected chi connectivity index (χ2v) is 18.9. The summed E-state index contributed by atoms with van der Waals surface area (Å²) in [5.41, 5.74) is 0. The fourth-order valence-corrected chi connectivity index (χ4v) is 7.91. The molecule has 0 saturated heterocycles. The maximum Gasteiger partial charge on any atom is 0.306 e. The molecule has 6 nitrogen and oxygen atoms in total. The molecule has 0 saturated carbocycles. The minimum absolute atomic E-state index is 0.100. The Kier molecular flexibility index (Phi) is 53.4. The molecule has 0 aliphatic carbocycles. The van der Waals surface area contributed by atoms with Gasteiger partial charge in [-0.05, 0) is 77.0 Å². The highest BCUT2D eigenvalue weighted by Gasteiger charge is 2.19. The van der Waals surface area contributed by atoms with Gasteiger partial charge in [0.2, 0.25) is 0 Å². The molecule has 1 atom stereocenters. The monoisotopic (exact) mass is 947 g/mol. The Morgan fingerprint density at radius 1 is 0.324 bits per heavy atom. The van der Waals surface area contributed by atoms with Crippen LogP contribution in [0.1, 0.15) is 271 Å². The van der Waals surface area contributed by atoms with Crippen molar-refractivity contribution < 1.29 is 28.6 Å². The van der Waals surface area contributed by atoms with Crippen LogP contribution in [0.5, 0.6) is 0 Å². The number of unbranched alkanes of at least 4 members (excludes halogenated alkanes) is 28. The zero-order valence-electron chi connectivity index (χ0n) is 44.6. The van der Waals surface area contributed by atoms with E-state index in [0.29, 0.717) is 19.3 Å². The molecule has 0 bridgehead atoms. The van der Waals surface area contributed by atoms with E-state index < -0.39 is 6.10 Å². The Bertz CT molecular complexity index is 1320. The van der Waals surface area contributed by atoms with E-state index in [1.807, 2.05) is 0 Å². The van der Waals surface area contributed by atoms with Crippen molar-refractivity contribution in [3.05, 3.63) is 85.1 Å². The normalized spacial score (nSPS) is 12.7. The zero-order valence-corrected chi connectivity index (χ0v) is 44.6. The molecule has 0 radical (unpaired) electrons. The third-order valence-corrected chi connectivity index (χ3v) is 12.2. The predicted octanol–water partition coefficient (Wildman–Crippen LogP) is 19.2.